The van der Waals surface area contributed by atoms with Gasteiger partial charge in [0.15, 0.2) is 0 Å². The molecule has 112 valence electrons. The zero-order valence-electron chi connectivity index (χ0n) is 12.5. The summed E-state index contributed by atoms with van der Waals surface area (Å²) in [5, 5.41) is 2.44. The summed E-state index contributed by atoms with van der Waals surface area (Å²) in [5.41, 5.74) is 7.34. The van der Waals surface area contributed by atoms with E-state index < -0.39 is 0 Å². The van der Waals surface area contributed by atoms with Crippen LogP contribution in [0.25, 0.3) is 10.8 Å². The second kappa shape index (κ2) is 6.52. The van der Waals surface area contributed by atoms with E-state index in [4.69, 9.17) is 10.5 Å². The third kappa shape index (κ3) is 2.93. The van der Waals surface area contributed by atoms with E-state index >= 15 is 0 Å². The maximum Gasteiger partial charge on any atom is 0.0503 e. The molecule has 0 spiro atoms. The molecule has 1 fully saturated rings. The summed E-state index contributed by atoms with van der Waals surface area (Å²) in [6.45, 7) is 3.59. The predicted octanol–water partition coefficient (Wildman–Crippen LogP) is 2.20. The first-order valence-corrected chi connectivity index (χ1v) is 7.59. The average molecular weight is 285 g/mol. The summed E-state index contributed by atoms with van der Waals surface area (Å²) < 4.78 is 5.29. The van der Waals surface area contributed by atoms with Crippen molar-refractivity contribution in [1.29, 1.82) is 0 Å². The normalized spacial score (nSPS) is 21.0. The topological polar surface area (TPSA) is 51.4 Å². The molecule has 0 saturated carbocycles. The van der Waals surface area contributed by atoms with Crippen molar-refractivity contribution in [2.24, 2.45) is 11.7 Å². The maximum atomic E-state index is 6.09. The van der Waals surface area contributed by atoms with Gasteiger partial charge in [-0.2, -0.15) is 0 Å². The largest absolute Gasteiger partial charge is 0.384 e. The molecular weight excluding hydrogens is 262 g/mol. The highest BCUT2D eigenvalue weighted by atomic mass is 16.5. The van der Waals surface area contributed by atoms with Crippen LogP contribution in [-0.2, 0) is 4.74 Å². The molecule has 1 aromatic heterocycles. The Labute approximate surface area is 125 Å². The van der Waals surface area contributed by atoms with Gasteiger partial charge in [-0.3, -0.25) is 9.88 Å². The third-order valence-corrected chi connectivity index (χ3v) is 4.44. The highest BCUT2D eigenvalue weighted by Crippen LogP contribution is 2.30. The number of aromatic nitrogens is 1. The van der Waals surface area contributed by atoms with E-state index in [1.807, 2.05) is 12.4 Å². The molecule has 1 aliphatic heterocycles. The summed E-state index contributed by atoms with van der Waals surface area (Å²) in [6, 6.07) is 8.65. The van der Waals surface area contributed by atoms with Crippen molar-refractivity contribution in [3.05, 3.63) is 42.2 Å². The van der Waals surface area contributed by atoms with E-state index in [-0.39, 0.29) is 6.04 Å². The molecule has 4 heteroatoms. The zero-order valence-corrected chi connectivity index (χ0v) is 12.5. The van der Waals surface area contributed by atoms with Gasteiger partial charge in [0.1, 0.15) is 0 Å². The smallest absolute Gasteiger partial charge is 0.0503 e. The summed E-state index contributed by atoms with van der Waals surface area (Å²) in [4.78, 5) is 6.88. The van der Waals surface area contributed by atoms with Gasteiger partial charge in [-0.1, -0.05) is 24.3 Å². The van der Waals surface area contributed by atoms with Crippen molar-refractivity contribution in [2.75, 3.05) is 33.4 Å². The predicted molar refractivity (Wildman–Crippen MR) is 85.1 cm³/mol. The van der Waals surface area contributed by atoms with E-state index in [1.165, 1.54) is 22.8 Å². The minimum atomic E-state index is 0.241. The number of hydrogen-bond donors (Lipinski definition) is 1. The monoisotopic (exact) mass is 285 g/mol. The second-order valence-corrected chi connectivity index (χ2v) is 5.81. The zero-order chi connectivity index (χ0) is 14.7. The van der Waals surface area contributed by atoms with Gasteiger partial charge in [-0.15, -0.1) is 0 Å². The Kier molecular flexibility index (Phi) is 4.48. The first kappa shape index (κ1) is 14.4. The van der Waals surface area contributed by atoms with E-state index in [0.29, 0.717) is 12.5 Å². The molecule has 0 radical (unpaired) electrons. The molecule has 2 atom stereocenters. The van der Waals surface area contributed by atoms with Gasteiger partial charge in [0.05, 0.1) is 6.61 Å². The molecule has 2 N–H and O–H groups in total. The summed E-state index contributed by atoms with van der Waals surface area (Å²) in [7, 11) is 1.78. The first-order valence-electron chi connectivity index (χ1n) is 7.59. The molecule has 2 aromatic rings. The maximum absolute atomic E-state index is 6.09. The van der Waals surface area contributed by atoms with Crippen LogP contribution < -0.4 is 5.73 Å². The number of fused-ring (bicyclic) bond motifs is 1. The fraction of sp³-hybridized carbons (Fsp3) is 0.471. The van der Waals surface area contributed by atoms with Crippen molar-refractivity contribution in [3.8, 4) is 0 Å². The van der Waals surface area contributed by atoms with Crippen LogP contribution in [0, 0.1) is 5.92 Å². The Balaban J connectivity index is 1.89. The van der Waals surface area contributed by atoms with E-state index in [0.717, 1.165) is 19.7 Å². The lowest BCUT2D eigenvalue weighted by Gasteiger charge is -2.28. The lowest BCUT2D eigenvalue weighted by atomic mass is 10.0. The Morgan fingerprint density at radius 1 is 1.38 bits per heavy atom. The highest BCUT2D eigenvalue weighted by molar-refractivity contribution is 5.85. The van der Waals surface area contributed by atoms with Crippen molar-refractivity contribution in [1.82, 2.24) is 9.88 Å². The molecule has 4 nitrogen and oxygen atoms in total. The Morgan fingerprint density at radius 2 is 2.24 bits per heavy atom. The second-order valence-electron chi connectivity index (χ2n) is 5.81. The summed E-state index contributed by atoms with van der Waals surface area (Å²) >= 11 is 0. The first-order chi connectivity index (χ1) is 10.3. The molecule has 21 heavy (non-hydrogen) atoms. The molecular formula is C17H23N3O. The molecule has 1 aromatic carbocycles. The number of nitrogens with zero attached hydrogens (tertiary/aromatic N) is 2. The van der Waals surface area contributed by atoms with Gasteiger partial charge in [-0.05, 0) is 29.8 Å². The van der Waals surface area contributed by atoms with E-state index in [2.05, 4.69) is 34.1 Å². The number of ether oxygens (including phenoxy) is 1. The molecule has 2 heterocycles. The van der Waals surface area contributed by atoms with Crippen molar-refractivity contribution in [2.45, 2.75) is 12.5 Å². The van der Waals surface area contributed by atoms with Crippen LogP contribution in [0.1, 0.15) is 18.0 Å². The van der Waals surface area contributed by atoms with E-state index in [9.17, 15) is 0 Å². The van der Waals surface area contributed by atoms with Crippen LogP contribution in [0.2, 0.25) is 0 Å². The van der Waals surface area contributed by atoms with Crippen LogP contribution in [0.4, 0.5) is 0 Å². The highest BCUT2D eigenvalue weighted by Gasteiger charge is 2.29. The average Bonchev–Trinajstić information content (AvgIpc) is 2.97. The van der Waals surface area contributed by atoms with Crippen LogP contribution >= 0.6 is 0 Å². The summed E-state index contributed by atoms with van der Waals surface area (Å²) in [6.07, 6.45) is 5.08. The minimum absolute atomic E-state index is 0.241. The Hall–Kier alpha value is -1.49. The van der Waals surface area contributed by atoms with Gasteiger partial charge in [0.2, 0.25) is 0 Å². The fourth-order valence-electron chi connectivity index (χ4n) is 3.40. The van der Waals surface area contributed by atoms with Gasteiger partial charge in [-0.25, -0.2) is 0 Å². The molecule has 0 amide bonds. The Bertz CT molecular complexity index is 596. The molecule has 0 aliphatic carbocycles. The quantitative estimate of drug-likeness (QED) is 0.915. The van der Waals surface area contributed by atoms with Crippen molar-refractivity contribution < 1.29 is 4.74 Å². The number of pyridine rings is 1. The third-order valence-electron chi connectivity index (χ3n) is 4.44. The minimum Gasteiger partial charge on any atom is -0.384 e. The lowest BCUT2D eigenvalue weighted by molar-refractivity contribution is 0.147. The molecule has 2 unspecified atom stereocenters. The van der Waals surface area contributed by atoms with Crippen LogP contribution in [0.5, 0.6) is 0 Å². The lowest BCUT2D eigenvalue weighted by Crippen LogP contribution is -2.32. The van der Waals surface area contributed by atoms with Gasteiger partial charge in [0.25, 0.3) is 0 Å². The van der Waals surface area contributed by atoms with Crippen LogP contribution in [0.15, 0.2) is 36.7 Å². The van der Waals surface area contributed by atoms with Crippen molar-refractivity contribution >= 4 is 10.8 Å². The molecule has 3 rings (SSSR count). The van der Waals surface area contributed by atoms with Crippen LogP contribution in [0.3, 0.4) is 0 Å². The molecule has 0 bridgehead atoms. The number of likely N-dealkylation sites (tertiary alicyclic amines) is 1. The molecule has 1 saturated heterocycles. The number of rotatable bonds is 5. The number of methoxy groups -OCH3 is 1. The van der Waals surface area contributed by atoms with E-state index in [1.54, 1.807) is 7.11 Å². The van der Waals surface area contributed by atoms with Gasteiger partial charge in [0, 0.05) is 44.0 Å². The number of nitrogens with two attached hydrogens (primary N) is 1. The van der Waals surface area contributed by atoms with Crippen LogP contribution in [-0.4, -0.2) is 43.2 Å². The number of hydrogen-bond acceptors (Lipinski definition) is 4. The Morgan fingerprint density at radius 3 is 3.05 bits per heavy atom. The molecule has 1 aliphatic rings. The number of benzene rings is 1. The fourth-order valence-corrected chi connectivity index (χ4v) is 3.40. The SMILES string of the molecule is COCC1CCN(C(CN)c2cncc3ccccc23)C1. The van der Waals surface area contributed by atoms with Gasteiger partial charge < -0.3 is 10.5 Å². The standard InChI is InChI=1S/C17H23N3O/c1-21-12-13-6-7-20(11-13)17(8-18)16-10-19-9-14-4-2-3-5-15(14)16/h2-5,9-10,13,17H,6-8,11-12,18H2,1H3. The van der Waals surface area contributed by atoms with Gasteiger partial charge >= 0.3 is 0 Å². The summed E-state index contributed by atoms with van der Waals surface area (Å²) in [5.74, 6) is 0.618. The van der Waals surface area contributed by atoms with Crippen molar-refractivity contribution in [3.63, 3.8) is 0 Å².